The van der Waals surface area contributed by atoms with Gasteiger partial charge in [0.2, 0.25) is 0 Å². The Labute approximate surface area is 98.0 Å². The molecule has 16 heavy (non-hydrogen) atoms. The summed E-state index contributed by atoms with van der Waals surface area (Å²) in [6.45, 7) is 8.77. The van der Waals surface area contributed by atoms with Gasteiger partial charge in [0.05, 0.1) is 12.2 Å². The maximum absolute atomic E-state index is 10.3. The third kappa shape index (κ3) is 23.2. The van der Waals surface area contributed by atoms with Gasteiger partial charge in [0.25, 0.3) is 0 Å². The molecule has 0 rings (SSSR count). The largest absolute Gasteiger partial charge is 0.466 e. The lowest BCUT2D eigenvalue weighted by Gasteiger charge is -2.13. The van der Waals surface area contributed by atoms with Crippen LogP contribution in [0.15, 0.2) is 0 Å². The van der Waals surface area contributed by atoms with E-state index in [1.807, 2.05) is 0 Å². The first-order valence-electron chi connectivity index (χ1n) is 5.54. The van der Waals surface area contributed by atoms with E-state index in [9.17, 15) is 9.59 Å². The highest BCUT2D eigenvalue weighted by atomic mass is 16.5. The second-order valence-electron chi connectivity index (χ2n) is 4.38. The number of esters is 1. The highest BCUT2D eigenvalue weighted by Crippen LogP contribution is 2.06. The second kappa shape index (κ2) is 9.33. The molecule has 0 atom stereocenters. The zero-order valence-electron chi connectivity index (χ0n) is 11.0. The van der Waals surface area contributed by atoms with Crippen LogP contribution in [0.5, 0.6) is 0 Å². The smallest absolute Gasteiger partial charge is 0.302 e. The summed E-state index contributed by atoms with van der Waals surface area (Å²) >= 11 is 0. The average Bonchev–Trinajstić information content (AvgIpc) is 2.00. The molecule has 0 saturated heterocycles. The van der Waals surface area contributed by atoms with Crippen LogP contribution in [-0.2, 0) is 14.3 Å². The molecule has 0 heterocycles. The van der Waals surface area contributed by atoms with E-state index in [4.69, 9.17) is 5.11 Å². The van der Waals surface area contributed by atoms with Crippen molar-refractivity contribution in [1.82, 2.24) is 0 Å². The molecule has 96 valence electrons. The molecular weight excluding hydrogens is 208 g/mol. The van der Waals surface area contributed by atoms with E-state index in [0.29, 0.717) is 6.61 Å². The first kappa shape index (κ1) is 17.5. The van der Waals surface area contributed by atoms with E-state index in [0.717, 1.165) is 12.8 Å². The van der Waals surface area contributed by atoms with Crippen LogP contribution < -0.4 is 0 Å². The number of hydrogen-bond donors (Lipinski definition) is 1. The van der Waals surface area contributed by atoms with Crippen molar-refractivity contribution >= 4 is 11.8 Å². The van der Waals surface area contributed by atoms with Gasteiger partial charge in [-0.05, 0) is 27.2 Å². The first-order valence-corrected chi connectivity index (χ1v) is 5.54. The van der Waals surface area contributed by atoms with Crippen LogP contribution in [0.25, 0.3) is 0 Å². The van der Waals surface area contributed by atoms with Crippen molar-refractivity contribution in [3.63, 3.8) is 0 Å². The summed E-state index contributed by atoms with van der Waals surface area (Å²) in [5.74, 6) is -0.157. The van der Waals surface area contributed by atoms with Gasteiger partial charge in [-0.15, -0.1) is 0 Å². The van der Waals surface area contributed by atoms with Crippen LogP contribution in [-0.4, -0.2) is 29.1 Å². The number of unbranched alkanes of at least 4 members (excludes halogenated alkanes) is 1. The lowest BCUT2D eigenvalue weighted by atomic mass is 10.0. The van der Waals surface area contributed by atoms with Gasteiger partial charge in [-0.1, -0.05) is 13.3 Å². The van der Waals surface area contributed by atoms with Crippen molar-refractivity contribution in [2.24, 2.45) is 0 Å². The summed E-state index contributed by atoms with van der Waals surface area (Å²) in [7, 11) is 0. The summed E-state index contributed by atoms with van der Waals surface area (Å²) in [6, 6.07) is 0. The molecule has 0 bridgehead atoms. The van der Waals surface area contributed by atoms with Crippen molar-refractivity contribution in [3.05, 3.63) is 0 Å². The molecule has 0 aromatic heterocycles. The van der Waals surface area contributed by atoms with Crippen LogP contribution in [0.2, 0.25) is 0 Å². The summed E-state index contributed by atoms with van der Waals surface area (Å²) in [5.41, 5.74) is -0.828. The van der Waals surface area contributed by atoms with Gasteiger partial charge in [-0.3, -0.25) is 9.59 Å². The summed E-state index contributed by atoms with van der Waals surface area (Å²) in [5, 5.41) is 8.97. The van der Waals surface area contributed by atoms with E-state index in [-0.39, 0.29) is 18.2 Å². The Hall–Kier alpha value is -0.900. The minimum Gasteiger partial charge on any atom is -0.466 e. The predicted octanol–water partition coefficient (Wildman–Crippen LogP) is 2.09. The number of hydrogen-bond acceptors (Lipinski definition) is 4. The van der Waals surface area contributed by atoms with E-state index in [2.05, 4.69) is 11.7 Å². The van der Waals surface area contributed by atoms with Gasteiger partial charge < -0.3 is 9.84 Å². The average molecular weight is 232 g/mol. The number of carbonyl (C=O) groups excluding carboxylic acids is 2. The number of carbonyl (C=O) groups is 2. The van der Waals surface area contributed by atoms with Crippen LogP contribution >= 0.6 is 0 Å². The predicted molar refractivity (Wildman–Crippen MR) is 63.1 cm³/mol. The normalized spacial score (nSPS) is 10.1. The number of ketones is 1. The van der Waals surface area contributed by atoms with Crippen LogP contribution in [0, 0.1) is 0 Å². The van der Waals surface area contributed by atoms with Crippen molar-refractivity contribution < 1.29 is 19.4 Å². The van der Waals surface area contributed by atoms with E-state index in [1.54, 1.807) is 13.8 Å². The molecule has 0 aromatic carbocycles. The van der Waals surface area contributed by atoms with Gasteiger partial charge in [-0.2, -0.15) is 0 Å². The highest BCUT2D eigenvalue weighted by molar-refractivity contribution is 5.76. The SMILES string of the molecule is CC(=O)CC(C)(C)O.CCCCOC(C)=O. The quantitative estimate of drug-likeness (QED) is 0.582. The Kier molecular flexibility index (Phi) is 10.2. The topological polar surface area (TPSA) is 63.6 Å². The second-order valence-corrected chi connectivity index (χ2v) is 4.38. The summed E-state index contributed by atoms with van der Waals surface area (Å²) in [4.78, 5) is 20.4. The molecule has 0 amide bonds. The third-order valence-corrected chi connectivity index (χ3v) is 1.48. The number of Topliss-reactive ketones (excluding diaryl/α,β-unsaturated/α-hetero) is 1. The monoisotopic (exact) mass is 232 g/mol. The van der Waals surface area contributed by atoms with Gasteiger partial charge in [0, 0.05) is 13.3 Å². The number of aliphatic hydroxyl groups is 1. The minimum absolute atomic E-state index is 0.0255. The zero-order valence-corrected chi connectivity index (χ0v) is 11.0. The molecular formula is C12H24O4. The van der Waals surface area contributed by atoms with Gasteiger partial charge in [0.15, 0.2) is 0 Å². The standard InChI is InChI=1S/2C6H12O2/c1-5(7)4-6(2,3)8;1-3-4-5-8-6(2)7/h8H,4H2,1-3H3;3-5H2,1-2H3. The number of ether oxygens (including phenoxy) is 1. The Morgan fingerprint density at radius 1 is 1.25 bits per heavy atom. The molecule has 4 heteroatoms. The Morgan fingerprint density at radius 3 is 1.94 bits per heavy atom. The fourth-order valence-corrected chi connectivity index (χ4v) is 0.969. The molecule has 0 spiro atoms. The Balaban J connectivity index is 0. The van der Waals surface area contributed by atoms with Crippen LogP contribution in [0.4, 0.5) is 0 Å². The Bertz CT molecular complexity index is 204. The Morgan fingerprint density at radius 2 is 1.75 bits per heavy atom. The van der Waals surface area contributed by atoms with Crippen molar-refractivity contribution in [2.75, 3.05) is 6.61 Å². The van der Waals surface area contributed by atoms with E-state index < -0.39 is 5.60 Å². The van der Waals surface area contributed by atoms with Crippen molar-refractivity contribution in [1.29, 1.82) is 0 Å². The van der Waals surface area contributed by atoms with Crippen molar-refractivity contribution in [3.8, 4) is 0 Å². The molecule has 0 aliphatic carbocycles. The lowest BCUT2D eigenvalue weighted by Crippen LogP contribution is -2.21. The fraction of sp³-hybridized carbons (Fsp3) is 0.833. The fourth-order valence-electron chi connectivity index (χ4n) is 0.969. The van der Waals surface area contributed by atoms with E-state index in [1.165, 1.54) is 13.8 Å². The molecule has 0 unspecified atom stereocenters. The van der Waals surface area contributed by atoms with Gasteiger partial charge in [0.1, 0.15) is 5.78 Å². The zero-order chi connectivity index (χ0) is 13.2. The van der Waals surface area contributed by atoms with Crippen molar-refractivity contribution in [2.45, 2.75) is 59.5 Å². The van der Waals surface area contributed by atoms with Crippen LogP contribution in [0.3, 0.4) is 0 Å². The number of rotatable bonds is 5. The molecule has 0 radical (unpaired) electrons. The maximum Gasteiger partial charge on any atom is 0.302 e. The lowest BCUT2D eigenvalue weighted by molar-refractivity contribution is -0.141. The maximum atomic E-state index is 10.3. The first-order chi connectivity index (χ1) is 7.19. The molecule has 0 fully saturated rings. The third-order valence-electron chi connectivity index (χ3n) is 1.48. The van der Waals surface area contributed by atoms with Gasteiger partial charge >= 0.3 is 5.97 Å². The van der Waals surface area contributed by atoms with Crippen LogP contribution in [0.1, 0.15) is 53.9 Å². The summed E-state index contributed by atoms with van der Waals surface area (Å²) in [6.07, 6.45) is 2.29. The molecule has 4 nitrogen and oxygen atoms in total. The van der Waals surface area contributed by atoms with Gasteiger partial charge in [-0.25, -0.2) is 0 Å². The minimum atomic E-state index is -0.828. The highest BCUT2D eigenvalue weighted by Gasteiger charge is 2.13. The van der Waals surface area contributed by atoms with E-state index >= 15 is 0 Å². The molecule has 0 saturated carbocycles. The molecule has 1 N–H and O–H groups in total. The molecule has 0 aliphatic heterocycles. The molecule has 0 aliphatic rings. The summed E-state index contributed by atoms with van der Waals surface area (Å²) < 4.78 is 4.64. The molecule has 0 aromatic rings.